The van der Waals surface area contributed by atoms with Crippen molar-refractivity contribution in [2.75, 3.05) is 6.54 Å². The van der Waals surface area contributed by atoms with E-state index in [1.165, 1.54) is 0 Å². The molecule has 0 saturated heterocycles. The molecule has 0 aliphatic carbocycles. The Morgan fingerprint density at radius 1 is 1.47 bits per heavy atom. The number of nitrogens with one attached hydrogen (secondary N) is 1. The summed E-state index contributed by atoms with van der Waals surface area (Å²) >= 11 is 0. The highest BCUT2D eigenvalue weighted by Crippen LogP contribution is 2.05. The van der Waals surface area contributed by atoms with Crippen LogP contribution >= 0.6 is 0 Å². The second-order valence-electron chi connectivity index (χ2n) is 2.95. The molecule has 0 aliphatic heterocycles. The van der Waals surface area contributed by atoms with Crippen molar-refractivity contribution in [1.82, 2.24) is 5.32 Å². The first kappa shape index (κ1) is 11.1. The van der Waals surface area contributed by atoms with Gasteiger partial charge in [0.1, 0.15) is 0 Å². The number of nitrogens with zero attached hydrogens (tertiary/aromatic N) is 3. The molecule has 78 valence electrons. The van der Waals surface area contributed by atoms with Crippen LogP contribution in [-0.2, 0) is 6.54 Å². The molecule has 0 saturated carbocycles. The second-order valence-corrected chi connectivity index (χ2v) is 2.95. The molecule has 15 heavy (non-hydrogen) atoms. The highest BCUT2D eigenvalue weighted by molar-refractivity contribution is 5.94. The van der Waals surface area contributed by atoms with Crippen molar-refractivity contribution in [3.8, 4) is 0 Å². The fraction of sp³-hybridized carbons (Fsp3) is 0.300. The van der Waals surface area contributed by atoms with Crippen molar-refractivity contribution < 1.29 is 4.79 Å². The Morgan fingerprint density at radius 2 is 2.13 bits per heavy atom. The van der Waals surface area contributed by atoms with Gasteiger partial charge in [0.2, 0.25) is 0 Å². The maximum absolute atomic E-state index is 11.4. The Morgan fingerprint density at radius 3 is 2.67 bits per heavy atom. The summed E-state index contributed by atoms with van der Waals surface area (Å²) in [7, 11) is 0. The Labute approximate surface area is 87.7 Å². The highest BCUT2D eigenvalue weighted by Gasteiger charge is 2.02. The van der Waals surface area contributed by atoms with E-state index in [1.54, 1.807) is 24.3 Å². The topological polar surface area (TPSA) is 77.9 Å². The fourth-order valence-corrected chi connectivity index (χ4v) is 1.14. The molecule has 1 aromatic rings. The molecule has 0 bridgehead atoms. The number of carbonyl (C=O) groups is 1. The second kappa shape index (κ2) is 5.67. The van der Waals surface area contributed by atoms with Crippen LogP contribution in [-0.4, -0.2) is 12.5 Å². The van der Waals surface area contributed by atoms with Crippen LogP contribution in [0.4, 0.5) is 0 Å². The lowest BCUT2D eigenvalue weighted by Crippen LogP contribution is -2.22. The quantitative estimate of drug-likeness (QED) is 0.455. The van der Waals surface area contributed by atoms with Gasteiger partial charge in [-0.2, -0.15) is 0 Å². The fourth-order valence-electron chi connectivity index (χ4n) is 1.14. The summed E-state index contributed by atoms with van der Waals surface area (Å²) in [5.41, 5.74) is 9.64. The van der Waals surface area contributed by atoms with Crippen LogP contribution in [0.25, 0.3) is 10.4 Å². The number of azide groups is 1. The first-order valence-corrected chi connectivity index (χ1v) is 4.66. The van der Waals surface area contributed by atoms with Crippen molar-refractivity contribution in [3.05, 3.63) is 45.8 Å². The zero-order valence-corrected chi connectivity index (χ0v) is 8.47. The summed E-state index contributed by atoms with van der Waals surface area (Å²) in [5, 5.41) is 6.14. The average Bonchev–Trinajstić information content (AvgIpc) is 2.27. The third-order valence-corrected chi connectivity index (χ3v) is 1.87. The predicted molar refractivity (Wildman–Crippen MR) is 57.3 cm³/mol. The van der Waals surface area contributed by atoms with Gasteiger partial charge in [0.25, 0.3) is 5.91 Å². The van der Waals surface area contributed by atoms with Crippen LogP contribution in [0.2, 0.25) is 0 Å². The van der Waals surface area contributed by atoms with Gasteiger partial charge in [-0.15, -0.1) is 0 Å². The third kappa shape index (κ3) is 3.32. The zero-order chi connectivity index (χ0) is 11.1. The van der Waals surface area contributed by atoms with Gasteiger partial charge >= 0.3 is 0 Å². The minimum absolute atomic E-state index is 0.0900. The van der Waals surface area contributed by atoms with Gasteiger partial charge in [0.15, 0.2) is 0 Å². The van der Waals surface area contributed by atoms with E-state index < -0.39 is 0 Å². The molecule has 1 amide bonds. The molecule has 0 spiro atoms. The summed E-state index contributed by atoms with van der Waals surface area (Å²) < 4.78 is 0. The number of benzene rings is 1. The number of amides is 1. The minimum Gasteiger partial charge on any atom is -0.352 e. The van der Waals surface area contributed by atoms with E-state index in [-0.39, 0.29) is 5.91 Å². The maximum Gasteiger partial charge on any atom is 0.251 e. The van der Waals surface area contributed by atoms with Gasteiger partial charge in [-0.1, -0.05) is 17.2 Å². The first-order valence-electron chi connectivity index (χ1n) is 4.66. The molecule has 1 N–H and O–H groups in total. The maximum atomic E-state index is 11.4. The van der Waals surface area contributed by atoms with E-state index in [9.17, 15) is 4.79 Å². The van der Waals surface area contributed by atoms with Crippen LogP contribution in [0, 0.1) is 0 Å². The molecule has 1 rings (SSSR count). The third-order valence-electron chi connectivity index (χ3n) is 1.87. The van der Waals surface area contributed by atoms with E-state index in [0.29, 0.717) is 18.7 Å². The Hall–Kier alpha value is -2.00. The van der Waals surface area contributed by atoms with Crippen LogP contribution in [0.5, 0.6) is 0 Å². The Balaban J connectivity index is 2.71. The molecular weight excluding hydrogens is 192 g/mol. The molecule has 0 atom stereocenters. The summed E-state index contributed by atoms with van der Waals surface area (Å²) in [6, 6.07) is 6.99. The van der Waals surface area contributed by atoms with Gasteiger partial charge in [0, 0.05) is 17.0 Å². The lowest BCUT2D eigenvalue weighted by atomic mass is 10.1. The molecule has 0 fully saturated rings. The minimum atomic E-state index is -0.0900. The van der Waals surface area contributed by atoms with Gasteiger partial charge in [-0.3, -0.25) is 4.79 Å². The van der Waals surface area contributed by atoms with Crippen LogP contribution < -0.4 is 5.32 Å². The van der Waals surface area contributed by atoms with Crippen molar-refractivity contribution in [2.45, 2.75) is 13.5 Å². The van der Waals surface area contributed by atoms with E-state index >= 15 is 0 Å². The van der Waals surface area contributed by atoms with Crippen LogP contribution in [0.1, 0.15) is 22.8 Å². The highest BCUT2D eigenvalue weighted by atomic mass is 16.1. The molecule has 0 heterocycles. The van der Waals surface area contributed by atoms with Gasteiger partial charge in [-0.25, -0.2) is 0 Å². The lowest BCUT2D eigenvalue weighted by Gasteiger charge is -2.02. The summed E-state index contributed by atoms with van der Waals surface area (Å²) in [4.78, 5) is 14.0. The standard InChI is InChI=1S/C10H12N4O/c1-2-12-10(15)9-5-3-8(4-6-9)7-13-14-11/h3-6H,2,7H2,1H3,(H,12,15). The van der Waals surface area contributed by atoms with Gasteiger partial charge in [-0.05, 0) is 30.2 Å². The molecule has 1 aromatic carbocycles. The van der Waals surface area contributed by atoms with E-state index in [4.69, 9.17) is 5.53 Å². The molecule has 0 aliphatic rings. The Bertz CT molecular complexity index is 379. The average molecular weight is 204 g/mol. The summed E-state index contributed by atoms with van der Waals surface area (Å²) in [6.07, 6.45) is 0. The molecule has 0 aromatic heterocycles. The van der Waals surface area contributed by atoms with Crippen LogP contribution in [0.15, 0.2) is 29.4 Å². The van der Waals surface area contributed by atoms with E-state index in [2.05, 4.69) is 15.3 Å². The van der Waals surface area contributed by atoms with Crippen molar-refractivity contribution in [1.29, 1.82) is 0 Å². The largest absolute Gasteiger partial charge is 0.352 e. The van der Waals surface area contributed by atoms with Crippen molar-refractivity contribution in [2.24, 2.45) is 5.11 Å². The SMILES string of the molecule is CCNC(=O)c1ccc(CN=[N+]=[N-])cc1. The van der Waals surface area contributed by atoms with Crippen molar-refractivity contribution >= 4 is 5.91 Å². The summed E-state index contributed by atoms with van der Waals surface area (Å²) in [6.45, 7) is 2.79. The zero-order valence-electron chi connectivity index (χ0n) is 8.47. The number of carbonyl (C=O) groups excluding carboxylic acids is 1. The molecule has 5 heteroatoms. The van der Waals surface area contributed by atoms with Crippen LogP contribution in [0.3, 0.4) is 0 Å². The lowest BCUT2D eigenvalue weighted by molar-refractivity contribution is 0.0956. The molecule has 0 radical (unpaired) electrons. The Kier molecular flexibility index (Phi) is 4.19. The molecule has 5 nitrogen and oxygen atoms in total. The monoisotopic (exact) mass is 204 g/mol. The smallest absolute Gasteiger partial charge is 0.251 e. The van der Waals surface area contributed by atoms with Crippen molar-refractivity contribution in [3.63, 3.8) is 0 Å². The number of hydrogen-bond acceptors (Lipinski definition) is 2. The number of rotatable bonds is 4. The predicted octanol–water partition coefficient (Wildman–Crippen LogP) is 2.25. The normalized spacial score (nSPS) is 9.13. The summed E-state index contributed by atoms with van der Waals surface area (Å²) in [5.74, 6) is -0.0900. The first-order chi connectivity index (χ1) is 7.27. The molecule has 0 unspecified atom stereocenters. The van der Waals surface area contributed by atoms with Gasteiger partial charge in [0.05, 0.1) is 6.54 Å². The molecular formula is C10H12N4O. The van der Waals surface area contributed by atoms with Gasteiger partial charge < -0.3 is 5.32 Å². The number of hydrogen-bond donors (Lipinski definition) is 1. The van der Waals surface area contributed by atoms with E-state index in [1.807, 2.05) is 6.92 Å². The van der Waals surface area contributed by atoms with E-state index in [0.717, 1.165) is 5.56 Å².